The van der Waals surface area contributed by atoms with Crippen LogP contribution >= 0.6 is 0 Å². The van der Waals surface area contributed by atoms with Crippen LogP contribution in [0.2, 0.25) is 0 Å². The second-order valence-corrected chi connectivity index (χ2v) is 3.85. The normalized spacial score (nSPS) is 9.80. The van der Waals surface area contributed by atoms with Gasteiger partial charge in [0.05, 0.1) is 16.1 Å². The van der Waals surface area contributed by atoms with E-state index in [1.54, 1.807) is 30.3 Å². The maximum Gasteiger partial charge on any atom is 0.343 e. The molecule has 0 aliphatic carbocycles. The molecule has 6 heteroatoms. The van der Waals surface area contributed by atoms with Crippen molar-refractivity contribution in [1.82, 2.24) is 0 Å². The molecule has 0 saturated heterocycles. The molecule has 0 fully saturated rings. The quantitative estimate of drug-likeness (QED) is 0.280. The standard InChI is InChI=1S/C14H9NO5/c16-9-11-8-12(15(18)19)6-7-13(11)20-14(17)10-4-2-1-3-5-10/h1-9H. The summed E-state index contributed by atoms with van der Waals surface area (Å²) in [5.74, 6) is -0.651. The number of rotatable bonds is 4. The van der Waals surface area contributed by atoms with E-state index in [0.29, 0.717) is 11.8 Å². The zero-order valence-electron chi connectivity index (χ0n) is 10.2. The highest BCUT2D eigenvalue weighted by atomic mass is 16.6. The lowest BCUT2D eigenvalue weighted by atomic mass is 10.2. The van der Waals surface area contributed by atoms with Crippen molar-refractivity contribution in [2.24, 2.45) is 0 Å². The third kappa shape index (κ3) is 2.86. The number of hydrogen-bond donors (Lipinski definition) is 0. The van der Waals surface area contributed by atoms with Crippen LogP contribution in [0.1, 0.15) is 20.7 Å². The van der Waals surface area contributed by atoms with Gasteiger partial charge >= 0.3 is 5.97 Å². The summed E-state index contributed by atoms with van der Waals surface area (Å²) in [5.41, 5.74) is 0.0257. The van der Waals surface area contributed by atoms with Gasteiger partial charge in [-0.05, 0) is 18.2 Å². The van der Waals surface area contributed by atoms with E-state index in [4.69, 9.17) is 4.74 Å². The number of ether oxygens (including phenoxy) is 1. The Balaban J connectivity index is 2.28. The molecule has 2 rings (SSSR count). The van der Waals surface area contributed by atoms with E-state index in [2.05, 4.69) is 0 Å². The molecular weight excluding hydrogens is 262 g/mol. The average Bonchev–Trinajstić information content (AvgIpc) is 2.48. The Morgan fingerprint density at radius 3 is 2.45 bits per heavy atom. The highest BCUT2D eigenvalue weighted by Crippen LogP contribution is 2.23. The molecule has 0 aliphatic rings. The van der Waals surface area contributed by atoms with Crippen molar-refractivity contribution in [1.29, 1.82) is 0 Å². The van der Waals surface area contributed by atoms with Crippen molar-refractivity contribution in [3.8, 4) is 5.75 Å². The third-order valence-electron chi connectivity index (χ3n) is 2.54. The van der Waals surface area contributed by atoms with Gasteiger partial charge in [0.15, 0.2) is 6.29 Å². The van der Waals surface area contributed by atoms with Gasteiger partial charge in [-0.2, -0.15) is 0 Å². The molecule has 100 valence electrons. The maximum absolute atomic E-state index is 11.8. The summed E-state index contributed by atoms with van der Waals surface area (Å²) in [4.78, 5) is 32.7. The molecule has 0 spiro atoms. The van der Waals surface area contributed by atoms with E-state index in [9.17, 15) is 19.7 Å². The Kier molecular flexibility index (Phi) is 3.85. The smallest absolute Gasteiger partial charge is 0.343 e. The zero-order chi connectivity index (χ0) is 14.5. The Morgan fingerprint density at radius 2 is 1.85 bits per heavy atom. The largest absolute Gasteiger partial charge is 0.422 e. The molecule has 0 unspecified atom stereocenters. The van der Waals surface area contributed by atoms with Crippen molar-refractivity contribution in [2.45, 2.75) is 0 Å². The summed E-state index contributed by atoms with van der Waals surface area (Å²) >= 11 is 0. The van der Waals surface area contributed by atoms with Crippen LogP contribution < -0.4 is 4.74 Å². The fourth-order valence-corrected chi connectivity index (χ4v) is 1.57. The van der Waals surface area contributed by atoms with E-state index < -0.39 is 10.9 Å². The van der Waals surface area contributed by atoms with Gasteiger partial charge in [-0.3, -0.25) is 14.9 Å². The molecule has 2 aromatic rings. The van der Waals surface area contributed by atoms with Crippen LogP contribution in [-0.4, -0.2) is 17.2 Å². The molecule has 0 radical (unpaired) electrons. The molecule has 0 N–H and O–H groups in total. The van der Waals surface area contributed by atoms with E-state index >= 15 is 0 Å². The Hall–Kier alpha value is -3.02. The number of nitrogens with zero attached hydrogens (tertiary/aromatic N) is 1. The maximum atomic E-state index is 11.8. The van der Waals surface area contributed by atoms with Crippen molar-refractivity contribution in [3.05, 3.63) is 69.8 Å². The molecule has 0 heterocycles. The van der Waals surface area contributed by atoms with Crippen LogP contribution in [0.5, 0.6) is 5.75 Å². The van der Waals surface area contributed by atoms with Crippen LogP contribution in [0.15, 0.2) is 48.5 Å². The summed E-state index contributed by atoms with van der Waals surface area (Å²) in [6, 6.07) is 11.7. The molecule has 0 amide bonds. The second kappa shape index (κ2) is 5.75. The van der Waals surface area contributed by atoms with Gasteiger partial charge in [-0.15, -0.1) is 0 Å². The Bertz CT molecular complexity index is 667. The van der Waals surface area contributed by atoms with Crippen molar-refractivity contribution in [3.63, 3.8) is 0 Å². The third-order valence-corrected chi connectivity index (χ3v) is 2.54. The molecule has 0 saturated carbocycles. The average molecular weight is 271 g/mol. The molecular formula is C14H9NO5. The van der Waals surface area contributed by atoms with Gasteiger partial charge < -0.3 is 4.74 Å². The van der Waals surface area contributed by atoms with Gasteiger partial charge in [0.2, 0.25) is 0 Å². The van der Waals surface area contributed by atoms with Gasteiger partial charge in [0.25, 0.3) is 5.69 Å². The predicted molar refractivity (Wildman–Crippen MR) is 69.9 cm³/mol. The lowest BCUT2D eigenvalue weighted by Crippen LogP contribution is -2.09. The number of esters is 1. The van der Waals surface area contributed by atoms with Gasteiger partial charge in [-0.25, -0.2) is 4.79 Å². The van der Waals surface area contributed by atoms with Gasteiger partial charge in [0.1, 0.15) is 5.75 Å². The van der Waals surface area contributed by atoms with E-state index in [1.165, 1.54) is 12.1 Å². The number of aldehydes is 1. The predicted octanol–water partition coefficient (Wildman–Crippen LogP) is 2.63. The van der Waals surface area contributed by atoms with Gasteiger partial charge in [0, 0.05) is 12.1 Å². The number of nitro benzene ring substituents is 1. The van der Waals surface area contributed by atoms with Crippen LogP contribution in [0.25, 0.3) is 0 Å². The second-order valence-electron chi connectivity index (χ2n) is 3.85. The first-order valence-corrected chi connectivity index (χ1v) is 5.62. The fourth-order valence-electron chi connectivity index (χ4n) is 1.57. The molecule has 6 nitrogen and oxygen atoms in total. The summed E-state index contributed by atoms with van der Waals surface area (Å²) < 4.78 is 5.06. The lowest BCUT2D eigenvalue weighted by molar-refractivity contribution is -0.384. The number of nitro groups is 1. The highest BCUT2D eigenvalue weighted by Gasteiger charge is 2.15. The lowest BCUT2D eigenvalue weighted by Gasteiger charge is -2.06. The minimum absolute atomic E-state index is 0.0144. The van der Waals surface area contributed by atoms with E-state index in [0.717, 1.165) is 6.07 Å². The first-order chi connectivity index (χ1) is 9.61. The van der Waals surface area contributed by atoms with Crippen molar-refractivity contribution < 1.29 is 19.2 Å². The van der Waals surface area contributed by atoms with Gasteiger partial charge in [-0.1, -0.05) is 18.2 Å². The Morgan fingerprint density at radius 1 is 1.15 bits per heavy atom. The monoisotopic (exact) mass is 271 g/mol. The minimum atomic E-state index is -0.637. The molecule has 0 aromatic heterocycles. The summed E-state index contributed by atoms with van der Waals surface area (Å²) in [6.07, 6.45) is 0.403. The number of benzene rings is 2. The molecule has 2 aromatic carbocycles. The first kappa shape index (κ1) is 13.4. The minimum Gasteiger partial charge on any atom is -0.422 e. The van der Waals surface area contributed by atoms with E-state index in [1.807, 2.05) is 0 Å². The number of carbonyl (C=O) groups is 2. The number of carbonyl (C=O) groups excluding carboxylic acids is 2. The van der Waals surface area contributed by atoms with E-state index in [-0.39, 0.29) is 17.0 Å². The van der Waals surface area contributed by atoms with Crippen molar-refractivity contribution >= 4 is 17.9 Å². The van der Waals surface area contributed by atoms with Crippen LogP contribution in [0.4, 0.5) is 5.69 Å². The zero-order valence-corrected chi connectivity index (χ0v) is 10.2. The highest BCUT2D eigenvalue weighted by molar-refractivity contribution is 5.92. The van der Waals surface area contributed by atoms with Crippen molar-refractivity contribution in [2.75, 3.05) is 0 Å². The first-order valence-electron chi connectivity index (χ1n) is 5.62. The molecule has 0 atom stereocenters. The number of hydrogen-bond acceptors (Lipinski definition) is 5. The van der Waals surface area contributed by atoms with Crippen LogP contribution in [0.3, 0.4) is 0 Å². The SMILES string of the molecule is O=Cc1cc([N+](=O)[O-])ccc1OC(=O)c1ccccc1. The van der Waals surface area contributed by atoms with Crippen LogP contribution in [-0.2, 0) is 0 Å². The molecule has 0 aliphatic heterocycles. The molecule has 20 heavy (non-hydrogen) atoms. The summed E-state index contributed by atoms with van der Waals surface area (Å²) in [5, 5.41) is 10.6. The van der Waals surface area contributed by atoms with Crippen LogP contribution in [0, 0.1) is 10.1 Å². The Labute approximate surface area is 113 Å². The summed E-state index contributed by atoms with van der Waals surface area (Å²) in [7, 11) is 0. The number of non-ortho nitro benzene ring substituents is 1. The topological polar surface area (TPSA) is 86.5 Å². The molecule has 0 bridgehead atoms. The fraction of sp³-hybridized carbons (Fsp3) is 0. The summed E-state index contributed by atoms with van der Waals surface area (Å²) in [6.45, 7) is 0.